The van der Waals surface area contributed by atoms with Gasteiger partial charge in [-0.1, -0.05) is 17.7 Å². The quantitative estimate of drug-likeness (QED) is 0.780. The molecule has 1 aliphatic rings. The summed E-state index contributed by atoms with van der Waals surface area (Å²) < 4.78 is 11.2. The molecule has 144 valence electrons. The summed E-state index contributed by atoms with van der Waals surface area (Å²) in [5, 5.41) is 0.639. The van der Waals surface area contributed by atoms with E-state index < -0.39 is 5.60 Å². The normalized spacial score (nSPS) is 14.8. The Morgan fingerprint density at radius 3 is 2.30 bits per heavy atom. The van der Waals surface area contributed by atoms with Gasteiger partial charge in [0, 0.05) is 43.0 Å². The van der Waals surface area contributed by atoms with E-state index in [0.29, 0.717) is 23.9 Å². The van der Waals surface area contributed by atoms with Crippen molar-refractivity contribution >= 4 is 23.2 Å². The molecule has 6 heteroatoms. The van der Waals surface area contributed by atoms with Crippen molar-refractivity contribution in [2.75, 3.05) is 38.2 Å². The molecule has 0 atom stereocenters. The van der Waals surface area contributed by atoms with E-state index >= 15 is 0 Å². The van der Waals surface area contributed by atoms with Crippen LogP contribution in [0.5, 0.6) is 11.5 Å². The molecule has 0 radical (unpaired) electrons. The molecule has 2 aromatic rings. The van der Waals surface area contributed by atoms with Gasteiger partial charge < -0.3 is 19.3 Å². The van der Waals surface area contributed by atoms with Gasteiger partial charge in [-0.15, -0.1) is 0 Å². The first-order valence-corrected chi connectivity index (χ1v) is 9.40. The topological polar surface area (TPSA) is 42.0 Å². The fourth-order valence-electron chi connectivity index (χ4n) is 3.20. The smallest absolute Gasteiger partial charge is 0.266 e. The van der Waals surface area contributed by atoms with Crippen LogP contribution < -0.4 is 14.4 Å². The summed E-state index contributed by atoms with van der Waals surface area (Å²) in [5.41, 5.74) is 0.171. The highest BCUT2D eigenvalue weighted by atomic mass is 35.5. The predicted octanol–water partition coefficient (Wildman–Crippen LogP) is 3.85. The van der Waals surface area contributed by atoms with Crippen LogP contribution in [0.2, 0.25) is 5.02 Å². The lowest BCUT2D eigenvalue weighted by atomic mass is 10.1. The summed E-state index contributed by atoms with van der Waals surface area (Å²) >= 11 is 5.91. The van der Waals surface area contributed by atoms with E-state index in [1.165, 1.54) is 0 Å². The number of amides is 1. The van der Waals surface area contributed by atoms with Crippen LogP contribution in [0, 0.1) is 0 Å². The number of hydrogen-bond acceptors (Lipinski definition) is 4. The molecule has 1 fully saturated rings. The minimum Gasteiger partial charge on any atom is -0.497 e. The number of benzene rings is 2. The summed E-state index contributed by atoms with van der Waals surface area (Å²) in [6, 6.07) is 15.1. The van der Waals surface area contributed by atoms with E-state index in [1.54, 1.807) is 45.2 Å². The van der Waals surface area contributed by atoms with Gasteiger partial charge in [0.05, 0.1) is 7.11 Å². The minimum atomic E-state index is -0.939. The summed E-state index contributed by atoms with van der Waals surface area (Å²) in [7, 11) is 1.67. The first-order chi connectivity index (χ1) is 12.9. The molecule has 0 N–H and O–H groups in total. The van der Waals surface area contributed by atoms with Gasteiger partial charge in [-0.25, -0.2) is 0 Å². The monoisotopic (exact) mass is 388 g/mol. The van der Waals surface area contributed by atoms with E-state index in [9.17, 15) is 4.79 Å². The fourth-order valence-corrected chi connectivity index (χ4v) is 3.32. The van der Waals surface area contributed by atoms with Crippen LogP contribution in [-0.4, -0.2) is 49.7 Å². The van der Waals surface area contributed by atoms with Crippen molar-refractivity contribution in [3.63, 3.8) is 0 Å². The van der Waals surface area contributed by atoms with Gasteiger partial charge in [0.15, 0.2) is 5.60 Å². The average molecular weight is 389 g/mol. The van der Waals surface area contributed by atoms with Crippen molar-refractivity contribution in [2.45, 2.75) is 19.4 Å². The first kappa shape index (κ1) is 19.4. The number of carbonyl (C=O) groups excluding carboxylic acids is 1. The van der Waals surface area contributed by atoms with Crippen LogP contribution in [0.1, 0.15) is 13.8 Å². The van der Waals surface area contributed by atoms with E-state index in [4.69, 9.17) is 21.1 Å². The number of anilines is 1. The van der Waals surface area contributed by atoms with Gasteiger partial charge in [0.2, 0.25) is 0 Å². The largest absolute Gasteiger partial charge is 0.497 e. The summed E-state index contributed by atoms with van der Waals surface area (Å²) in [6.45, 7) is 6.47. The number of carbonyl (C=O) groups is 1. The van der Waals surface area contributed by atoms with Crippen LogP contribution in [-0.2, 0) is 4.79 Å². The van der Waals surface area contributed by atoms with Crippen LogP contribution in [0.25, 0.3) is 0 Å². The molecule has 1 aliphatic heterocycles. The predicted molar refractivity (Wildman–Crippen MR) is 108 cm³/mol. The Labute approximate surface area is 165 Å². The van der Waals surface area contributed by atoms with Crippen molar-refractivity contribution in [2.24, 2.45) is 0 Å². The zero-order valence-corrected chi connectivity index (χ0v) is 16.7. The van der Waals surface area contributed by atoms with Crippen molar-refractivity contribution in [3.05, 3.63) is 53.6 Å². The zero-order chi connectivity index (χ0) is 19.4. The molecule has 27 heavy (non-hydrogen) atoms. The Hall–Kier alpha value is -2.40. The van der Waals surface area contributed by atoms with E-state index in [2.05, 4.69) is 11.0 Å². The number of nitrogens with zero attached hydrogens (tertiary/aromatic N) is 2. The van der Waals surface area contributed by atoms with Gasteiger partial charge in [0.1, 0.15) is 11.5 Å². The molecular weight excluding hydrogens is 364 g/mol. The highest BCUT2D eigenvalue weighted by Gasteiger charge is 2.35. The molecular formula is C21H25ClN2O3. The summed E-state index contributed by atoms with van der Waals surface area (Å²) in [5.74, 6) is 1.46. The molecule has 0 aromatic heterocycles. The number of ether oxygens (including phenoxy) is 2. The average Bonchev–Trinajstić information content (AvgIpc) is 2.69. The Kier molecular flexibility index (Phi) is 5.80. The van der Waals surface area contributed by atoms with E-state index in [-0.39, 0.29) is 5.91 Å². The number of rotatable bonds is 5. The SMILES string of the molecule is COc1cccc(N2CCN(C(=O)C(C)(C)Oc3ccc(Cl)cc3)CC2)c1. The molecule has 0 unspecified atom stereocenters. The Morgan fingerprint density at radius 1 is 1.00 bits per heavy atom. The van der Waals surface area contributed by atoms with Crippen LogP contribution in [0.15, 0.2) is 48.5 Å². The highest BCUT2D eigenvalue weighted by Crippen LogP contribution is 2.25. The highest BCUT2D eigenvalue weighted by molar-refractivity contribution is 6.30. The second-order valence-corrected chi connectivity index (χ2v) is 7.48. The van der Waals surface area contributed by atoms with Crippen molar-refractivity contribution < 1.29 is 14.3 Å². The van der Waals surface area contributed by atoms with Crippen LogP contribution >= 0.6 is 11.6 Å². The zero-order valence-electron chi connectivity index (χ0n) is 15.9. The van der Waals surface area contributed by atoms with E-state index in [1.807, 2.05) is 23.1 Å². The Bertz CT molecular complexity index is 784. The van der Waals surface area contributed by atoms with Gasteiger partial charge in [-0.2, -0.15) is 0 Å². The van der Waals surface area contributed by atoms with Crippen molar-refractivity contribution in [1.82, 2.24) is 4.90 Å². The van der Waals surface area contributed by atoms with Crippen LogP contribution in [0.4, 0.5) is 5.69 Å². The number of hydrogen-bond donors (Lipinski definition) is 0. The Balaban J connectivity index is 1.60. The maximum absolute atomic E-state index is 13.0. The molecule has 2 aromatic carbocycles. The molecule has 0 bridgehead atoms. The minimum absolute atomic E-state index is 0.0113. The summed E-state index contributed by atoms with van der Waals surface area (Å²) in [4.78, 5) is 17.1. The number of methoxy groups -OCH3 is 1. The molecule has 0 spiro atoms. The maximum atomic E-state index is 13.0. The third-order valence-electron chi connectivity index (χ3n) is 4.69. The van der Waals surface area contributed by atoms with Gasteiger partial charge in [0.25, 0.3) is 5.91 Å². The lowest BCUT2D eigenvalue weighted by molar-refractivity contribution is -0.145. The Morgan fingerprint density at radius 2 is 1.67 bits per heavy atom. The molecule has 1 amide bonds. The lowest BCUT2D eigenvalue weighted by Gasteiger charge is -2.39. The number of halogens is 1. The van der Waals surface area contributed by atoms with Crippen LogP contribution in [0.3, 0.4) is 0 Å². The van der Waals surface area contributed by atoms with Gasteiger partial charge in [-0.05, 0) is 50.2 Å². The van der Waals surface area contributed by atoms with Crippen molar-refractivity contribution in [1.29, 1.82) is 0 Å². The second-order valence-electron chi connectivity index (χ2n) is 7.05. The molecule has 1 saturated heterocycles. The molecule has 0 saturated carbocycles. The van der Waals surface area contributed by atoms with E-state index in [0.717, 1.165) is 24.5 Å². The maximum Gasteiger partial charge on any atom is 0.266 e. The third kappa shape index (κ3) is 4.66. The number of piperazine rings is 1. The van der Waals surface area contributed by atoms with Crippen molar-refractivity contribution in [3.8, 4) is 11.5 Å². The van der Waals surface area contributed by atoms with Gasteiger partial charge >= 0.3 is 0 Å². The third-order valence-corrected chi connectivity index (χ3v) is 4.94. The first-order valence-electron chi connectivity index (χ1n) is 9.02. The van der Waals surface area contributed by atoms with Gasteiger partial charge in [-0.3, -0.25) is 4.79 Å². The molecule has 0 aliphatic carbocycles. The lowest BCUT2D eigenvalue weighted by Crippen LogP contribution is -2.55. The standard InChI is InChI=1S/C21H25ClN2O3/c1-21(2,27-18-9-7-16(22)8-10-18)20(25)24-13-11-23(12-14-24)17-5-4-6-19(15-17)26-3/h4-10,15H,11-14H2,1-3H3. The molecule has 1 heterocycles. The summed E-state index contributed by atoms with van der Waals surface area (Å²) in [6.07, 6.45) is 0. The fraction of sp³-hybridized carbons (Fsp3) is 0.381. The molecule has 3 rings (SSSR count). The molecule has 5 nitrogen and oxygen atoms in total. The second kappa shape index (κ2) is 8.09.